The van der Waals surface area contributed by atoms with Crippen molar-refractivity contribution in [2.75, 3.05) is 13.6 Å². The summed E-state index contributed by atoms with van der Waals surface area (Å²) >= 11 is 0. The van der Waals surface area contributed by atoms with Crippen molar-refractivity contribution in [1.29, 1.82) is 0 Å². The summed E-state index contributed by atoms with van der Waals surface area (Å²) < 4.78 is 0. The van der Waals surface area contributed by atoms with Crippen LogP contribution >= 0.6 is 0 Å². The second-order valence-corrected chi connectivity index (χ2v) is 11.8. The minimum absolute atomic E-state index is 0.173. The van der Waals surface area contributed by atoms with Crippen LogP contribution < -0.4 is 11.1 Å². The van der Waals surface area contributed by atoms with Crippen LogP contribution in [0.1, 0.15) is 43.7 Å². The van der Waals surface area contributed by atoms with E-state index in [9.17, 15) is 14.4 Å². The molecular weight excluding hydrogens is 512 g/mol. The number of benzene rings is 3. The molecule has 1 heterocycles. The Kier molecular flexibility index (Phi) is 8.54. The van der Waals surface area contributed by atoms with Crippen molar-refractivity contribution >= 4 is 28.5 Å². The van der Waals surface area contributed by atoms with Gasteiger partial charge < -0.3 is 20.9 Å². The second-order valence-electron chi connectivity index (χ2n) is 11.8. The van der Waals surface area contributed by atoms with Crippen LogP contribution in [-0.4, -0.2) is 64.8 Å². The SMILES string of the molecule is C[C@@H]1CN(C(=O)[C@@H](Cc2ccc3ccccc3c2)N(C)C(=O)C=CCC2(N)CCC2)[C@H](Cc2ccccc2)C(=O)N1. The van der Waals surface area contributed by atoms with Gasteiger partial charge in [0.05, 0.1) is 0 Å². The van der Waals surface area contributed by atoms with E-state index in [1.165, 1.54) is 4.90 Å². The number of likely N-dealkylation sites (N-methyl/N-ethyl adjacent to an activating group) is 1. The fourth-order valence-corrected chi connectivity index (χ4v) is 5.90. The third-order valence-corrected chi connectivity index (χ3v) is 8.57. The maximum Gasteiger partial charge on any atom is 0.246 e. The first-order valence-corrected chi connectivity index (χ1v) is 14.6. The van der Waals surface area contributed by atoms with Crippen LogP contribution in [0.4, 0.5) is 0 Å². The number of carbonyl (C=O) groups is 3. The average Bonchev–Trinajstić information content (AvgIpc) is 2.96. The van der Waals surface area contributed by atoms with Crippen LogP contribution in [0.25, 0.3) is 10.8 Å². The number of amides is 3. The molecule has 0 radical (unpaired) electrons. The number of nitrogens with zero attached hydrogens (tertiary/aromatic N) is 2. The molecule has 3 N–H and O–H groups in total. The molecule has 0 unspecified atom stereocenters. The second kappa shape index (κ2) is 12.3. The lowest BCUT2D eigenvalue weighted by atomic mass is 9.75. The molecule has 3 aromatic rings. The highest BCUT2D eigenvalue weighted by atomic mass is 16.2. The van der Waals surface area contributed by atoms with Gasteiger partial charge in [0.25, 0.3) is 0 Å². The normalized spacial score (nSPS) is 20.9. The van der Waals surface area contributed by atoms with Crippen molar-refractivity contribution < 1.29 is 14.4 Å². The maximum atomic E-state index is 14.4. The molecule has 5 rings (SSSR count). The molecule has 0 bridgehead atoms. The van der Waals surface area contributed by atoms with Gasteiger partial charge in [-0.15, -0.1) is 0 Å². The van der Waals surface area contributed by atoms with Crippen LogP contribution in [0.3, 0.4) is 0 Å². The van der Waals surface area contributed by atoms with Crippen molar-refractivity contribution in [2.45, 2.75) is 69.1 Å². The van der Waals surface area contributed by atoms with Crippen molar-refractivity contribution in [3.63, 3.8) is 0 Å². The van der Waals surface area contributed by atoms with E-state index in [2.05, 4.69) is 17.4 Å². The minimum atomic E-state index is -0.778. The van der Waals surface area contributed by atoms with E-state index < -0.39 is 12.1 Å². The van der Waals surface area contributed by atoms with Crippen LogP contribution in [0.5, 0.6) is 0 Å². The standard InChI is InChI=1S/C34H40N4O3/c1-24-23-38(29(32(40)36-24)21-25-10-4-3-5-11-25)33(41)30(22-26-15-16-27-12-6-7-13-28(27)20-26)37(2)31(39)14-8-17-34(35)18-9-19-34/h3-8,10-16,20,24,29-30H,9,17-19,21-23,35H2,1-2H3,(H,36,40)/t24-,29-,30-/m1/s1. The molecule has 41 heavy (non-hydrogen) atoms. The van der Waals surface area contributed by atoms with Crippen molar-refractivity contribution in [3.8, 4) is 0 Å². The lowest BCUT2D eigenvalue weighted by molar-refractivity contribution is -0.150. The summed E-state index contributed by atoms with van der Waals surface area (Å²) in [6.45, 7) is 2.28. The summed E-state index contributed by atoms with van der Waals surface area (Å²) in [6, 6.07) is 22.3. The van der Waals surface area contributed by atoms with Gasteiger partial charge in [-0.3, -0.25) is 14.4 Å². The van der Waals surface area contributed by atoms with Crippen molar-refractivity contribution in [2.24, 2.45) is 5.73 Å². The van der Waals surface area contributed by atoms with Crippen molar-refractivity contribution in [1.82, 2.24) is 15.1 Å². The number of fused-ring (bicyclic) bond motifs is 1. The van der Waals surface area contributed by atoms with Crippen LogP contribution in [-0.2, 0) is 27.2 Å². The summed E-state index contributed by atoms with van der Waals surface area (Å²) in [5.74, 6) is -0.645. The van der Waals surface area contributed by atoms with Gasteiger partial charge in [-0.2, -0.15) is 0 Å². The first kappa shape index (κ1) is 28.6. The number of nitrogens with two attached hydrogens (primary N) is 1. The van der Waals surface area contributed by atoms with Gasteiger partial charge in [0.2, 0.25) is 17.7 Å². The highest BCUT2D eigenvalue weighted by Gasteiger charge is 2.40. The summed E-state index contributed by atoms with van der Waals surface area (Å²) in [5.41, 5.74) is 8.05. The third kappa shape index (κ3) is 6.68. The predicted molar refractivity (Wildman–Crippen MR) is 162 cm³/mol. The van der Waals surface area contributed by atoms with Gasteiger partial charge in [-0.05, 0) is 60.6 Å². The molecule has 2 fully saturated rings. The predicted octanol–water partition coefficient (Wildman–Crippen LogP) is 4.00. The maximum absolute atomic E-state index is 14.4. The minimum Gasteiger partial charge on any atom is -0.350 e. The molecule has 1 aliphatic heterocycles. The van der Waals surface area contributed by atoms with Crippen LogP contribution in [0.2, 0.25) is 0 Å². The average molecular weight is 553 g/mol. The number of hydrogen-bond donors (Lipinski definition) is 2. The molecule has 3 amide bonds. The summed E-state index contributed by atoms with van der Waals surface area (Å²) in [4.78, 5) is 44.2. The molecule has 3 atom stereocenters. The van der Waals surface area contributed by atoms with E-state index in [1.807, 2.05) is 73.7 Å². The largest absolute Gasteiger partial charge is 0.350 e. The Morgan fingerprint density at radius 2 is 1.76 bits per heavy atom. The van der Waals surface area contributed by atoms with Gasteiger partial charge in [-0.1, -0.05) is 78.9 Å². The van der Waals surface area contributed by atoms with Gasteiger partial charge in [0.1, 0.15) is 12.1 Å². The van der Waals surface area contributed by atoms with Gasteiger partial charge in [0.15, 0.2) is 0 Å². The molecule has 0 aromatic heterocycles. The van der Waals surface area contributed by atoms with Crippen molar-refractivity contribution in [3.05, 3.63) is 96.1 Å². The molecule has 1 saturated carbocycles. The Hall–Kier alpha value is -3.97. The fraction of sp³-hybridized carbons (Fsp3) is 0.382. The molecule has 3 aromatic carbocycles. The van der Waals surface area contributed by atoms with E-state index in [0.29, 0.717) is 25.8 Å². The molecule has 7 heteroatoms. The molecule has 214 valence electrons. The zero-order chi connectivity index (χ0) is 29.0. The van der Waals surface area contributed by atoms with E-state index in [0.717, 1.165) is 41.2 Å². The van der Waals surface area contributed by atoms with Crippen LogP contribution in [0.15, 0.2) is 84.9 Å². The van der Waals surface area contributed by atoms with Crippen LogP contribution in [0, 0.1) is 0 Å². The topological polar surface area (TPSA) is 95.7 Å². The number of piperazine rings is 1. The van der Waals surface area contributed by atoms with Gasteiger partial charge in [-0.25, -0.2) is 0 Å². The zero-order valence-corrected chi connectivity index (χ0v) is 24.0. The Morgan fingerprint density at radius 3 is 2.46 bits per heavy atom. The first-order valence-electron chi connectivity index (χ1n) is 14.6. The summed E-state index contributed by atoms with van der Waals surface area (Å²) in [5, 5.41) is 5.20. The fourth-order valence-electron chi connectivity index (χ4n) is 5.90. The highest BCUT2D eigenvalue weighted by Crippen LogP contribution is 2.32. The van der Waals surface area contributed by atoms with E-state index in [4.69, 9.17) is 5.73 Å². The Balaban J connectivity index is 1.43. The number of carbonyl (C=O) groups excluding carboxylic acids is 3. The monoisotopic (exact) mass is 552 g/mol. The van der Waals surface area contributed by atoms with Gasteiger partial charge >= 0.3 is 0 Å². The quantitative estimate of drug-likeness (QED) is 0.393. The molecule has 1 saturated heterocycles. The molecular formula is C34H40N4O3. The lowest BCUT2D eigenvalue weighted by Crippen LogP contribution is -2.64. The Morgan fingerprint density at radius 1 is 1.05 bits per heavy atom. The Bertz CT molecular complexity index is 1430. The number of nitrogens with one attached hydrogen (secondary N) is 1. The van der Waals surface area contributed by atoms with Gasteiger partial charge in [0, 0.05) is 38.0 Å². The van der Waals surface area contributed by atoms with E-state index in [-0.39, 0.29) is 29.3 Å². The third-order valence-electron chi connectivity index (χ3n) is 8.57. The number of rotatable bonds is 9. The molecule has 0 spiro atoms. The number of hydrogen-bond acceptors (Lipinski definition) is 4. The molecule has 2 aliphatic rings. The highest BCUT2D eigenvalue weighted by molar-refractivity contribution is 5.96. The summed E-state index contributed by atoms with van der Waals surface area (Å²) in [7, 11) is 1.68. The molecule has 1 aliphatic carbocycles. The Labute approximate surface area is 242 Å². The van der Waals surface area contributed by atoms with E-state index >= 15 is 0 Å². The smallest absolute Gasteiger partial charge is 0.246 e. The first-order chi connectivity index (χ1) is 19.7. The zero-order valence-electron chi connectivity index (χ0n) is 24.0. The van der Waals surface area contributed by atoms with E-state index in [1.54, 1.807) is 18.0 Å². The molecule has 7 nitrogen and oxygen atoms in total. The summed E-state index contributed by atoms with van der Waals surface area (Å²) in [6.07, 6.45) is 7.80. The lowest BCUT2D eigenvalue weighted by Gasteiger charge is -2.41.